The predicted molar refractivity (Wildman–Crippen MR) is 65.7 cm³/mol. The van der Waals surface area contributed by atoms with Gasteiger partial charge in [0.1, 0.15) is 0 Å². The van der Waals surface area contributed by atoms with Crippen LogP contribution >= 0.6 is 0 Å². The molecule has 0 radical (unpaired) electrons. The Morgan fingerprint density at radius 2 is 1.94 bits per heavy atom. The lowest BCUT2D eigenvalue weighted by Gasteiger charge is -2.03. The fourth-order valence-corrected chi connectivity index (χ4v) is 1.56. The Bertz CT molecular complexity index is 612. The van der Waals surface area contributed by atoms with Crippen molar-refractivity contribution in [2.75, 3.05) is 7.11 Å². The molecule has 1 heterocycles. The van der Waals surface area contributed by atoms with Crippen LogP contribution in [-0.4, -0.2) is 18.1 Å². The molecule has 0 aliphatic heterocycles. The normalized spacial score (nSPS) is 9.56. The molecular formula is C14H10N2O2. The van der Waals surface area contributed by atoms with E-state index in [4.69, 9.17) is 5.26 Å². The number of nitriles is 1. The average molecular weight is 238 g/mol. The molecule has 0 unspecified atom stereocenters. The first-order valence-electron chi connectivity index (χ1n) is 5.28. The summed E-state index contributed by atoms with van der Waals surface area (Å²) >= 11 is 0. The minimum Gasteiger partial charge on any atom is -0.465 e. The highest BCUT2D eigenvalue weighted by molar-refractivity contribution is 5.90. The van der Waals surface area contributed by atoms with Crippen LogP contribution in [0.3, 0.4) is 0 Å². The largest absolute Gasteiger partial charge is 0.465 e. The lowest BCUT2D eigenvalue weighted by atomic mass is 10.0. The molecule has 4 heteroatoms. The molecule has 0 amide bonds. The monoisotopic (exact) mass is 238 g/mol. The highest BCUT2D eigenvalue weighted by atomic mass is 16.5. The van der Waals surface area contributed by atoms with E-state index in [0.29, 0.717) is 11.1 Å². The molecule has 0 saturated carbocycles. The van der Waals surface area contributed by atoms with Crippen molar-refractivity contribution in [2.45, 2.75) is 0 Å². The summed E-state index contributed by atoms with van der Waals surface area (Å²) < 4.78 is 4.64. The third-order valence-electron chi connectivity index (χ3n) is 2.51. The highest BCUT2D eigenvalue weighted by Gasteiger charge is 2.07. The van der Waals surface area contributed by atoms with Crippen molar-refractivity contribution in [2.24, 2.45) is 0 Å². The Balaban J connectivity index is 2.38. The smallest absolute Gasteiger partial charge is 0.339 e. The standard InChI is InChI=1S/C14H10N2O2/c1-18-14(17)13-6-12(8-16-9-13)11-4-2-10(7-15)3-5-11/h2-6,8-9H,1H3. The summed E-state index contributed by atoms with van der Waals surface area (Å²) in [6, 6.07) is 10.8. The third kappa shape index (κ3) is 2.36. The van der Waals surface area contributed by atoms with Gasteiger partial charge >= 0.3 is 5.97 Å². The molecule has 1 aromatic carbocycles. The molecule has 0 fully saturated rings. The number of aromatic nitrogens is 1. The summed E-state index contributed by atoms with van der Waals surface area (Å²) in [7, 11) is 1.33. The zero-order valence-electron chi connectivity index (χ0n) is 9.75. The molecule has 0 aliphatic carbocycles. The van der Waals surface area contributed by atoms with Crippen LogP contribution in [0.15, 0.2) is 42.7 Å². The van der Waals surface area contributed by atoms with Gasteiger partial charge in [-0.15, -0.1) is 0 Å². The van der Waals surface area contributed by atoms with Gasteiger partial charge in [0.15, 0.2) is 0 Å². The molecule has 0 aliphatic rings. The van der Waals surface area contributed by atoms with Gasteiger partial charge < -0.3 is 4.74 Å². The summed E-state index contributed by atoms with van der Waals surface area (Å²) in [6.07, 6.45) is 3.12. The summed E-state index contributed by atoms with van der Waals surface area (Å²) in [4.78, 5) is 15.4. The quantitative estimate of drug-likeness (QED) is 0.753. The van der Waals surface area contributed by atoms with E-state index >= 15 is 0 Å². The predicted octanol–water partition coefficient (Wildman–Crippen LogP) is 2.41. The molecule has 0 bridgehead atoms. The topological polar surface area (TPSA) is 63.0 Å². The van der Waals surface area contributed by atoms with Crippen LogP contribution in [0.4, 0.5) is 0 Å². The molecule has 0 saturated heterocycles. The van der Waals surface area contributed by atoms with Crippen LogP contribution in [0.2, 0.25) is 0 Å². The Hall–Kier alpha value is -2.67. The van der Waals surface area contributed by atoms with Crippen molar-refractivity contribution < 1.29 is 9.53 Å². The molecule has 1 aromatic heterocycles. The van der Waals surface area contributed by atoms with Crippen LogP contribution < -0.4 is 0 Å². The average Bonchev–Trinajstić information content (AvgIpc) is 2.46. The van der Waals surface area contributed by atoms with E-state index in [1.54, 1.807) is 24.4 Å². The molecule has 88 valence electrons. The maximum Gasteiger partial charge on any atom is 0.339 e. The number of hydrogen-bond donors (Lipinski definition) is 0. The summed E-state index contributed by atoms with van der Waals surface area (Å²) in [5.41, 5.74) is 2.70. The van der Waals surface area contributed by atoms with Crippen molar-refractivity contribution in [3.63, 3.8) is 0 Å². The van der Waals surface area contributed by atoms with Crippen LogP contribution in [0.5, 0.6) is 0 Å². The van der Waals surface area contributed by atoms with Crippen molar-refractivity contribution in [1.82, 2.24) is 4.98 Å². The SMILES string of the molecule is COC(=O)c1cncc(-c2ccc(C#N)cc2)c1. The molecule has 2 aromatic rings. The van der Waals surface area contributed by atoms with E-state index in [-0.39, 0.29) is 0 Å². The van der Waals surface area contributed by atoms with E-state index in [1.807, 2.05) is 12.1 Å². The number of hydrogen-bond acceptors (Lipinski definition) is 4. The second-order valence-electron chi connectivity index (χ2n) is 3.64. The molecule has 18 heavy (non-hydrogen) atoms. The van der Waals surface area contributed by atoms with Gasteiger partial charge in [-0.25, -0.2) is 4.79 Å². The van der Waals surface area contributed by atoms with Gasteiger partial charge in [0.05, 0.1) is 24.3 Å². The highest BCUT2D eigenvalue weighted by Crippen LogP contribution is 2.20. The Labute approximate surface area is 104 Å². The molecule has 0 atom stereocenters. The molecule has 2 rings (SSSR count). The Kier molecular flexibility index (Phi) is 3.35. The first-order chi connectivity index (χ1) is 8.74. The lowest BCUT2D eigenvalue weighted by Crippen LogP contribution is -2.01. The van der Waals surface area contributed by atoms with Gasteiger partial charge in [0.2, 0.25) is 0 Å². The van der Waals surface area contributed by atoms with Gasteiger partial charge in [-0.1, -0.05) is 12.1 Å². The number of benzene rings is 1. The van der Waals surface area contributed by atoms with E-state index < -0.39 is 5.97 Å². The van der Waals surface area contributed by atoms with Gasteiger partial charge in [-0.3, -0.25) is 4.98 Å². The Morgan fingerprint density at radius 1 is 1.22 bits per heavy atom. The van der Waals surface area contributed by atoms with Crippen molar-refractivity contribution in [3.05, 3.63) is 53.9 Å². The van der Waals surface area contributed by atoms with Crippen molar-refractivity contribution in [1.29, 1.82) is 5.26 Å². The minimum atomic E-state index is -0.419. The molecule has 0 spiro atoms. The first-order valence-corrected chi connectivity index (χ1v) is 5.28. The van der Waals surface area contributed by atoms with Gasteiger partial charge in [-0.05, 0) is 23.8 Å². The number of carbonyl (C=O) groups is 1. The minimum absolute atomic E-state index is 0.402. The second-order valence-corrected chi connectivity index (χ2v) is 3.64. The van der Waals surface area contributed by atoms with Crippen molar-refractivity contribution in [3.8, 4) is 17.2 Å². The number of carbonyl (C=O) groups excluding carboxylic acids is 1. The van der Waals surface area contributed by atoms with E-state index in [0.717, 1.165) is 11.1 Å². The van der Waals surface area contributed by atoms with Gasteiger partial charge in [0.25, 0.3) is 0 Å². The first kappa shape index (κ1) is 11.8. The second kappa shape index (κ2) is 5.11. The van der Waals surface area contributed by atoms with Crippen LogP contribution in [0, 0.1) is 11.3 Å². The molecule has 4 nitrogen and oxygen atoms in total. The Morgan fingerprint density at radius 3 is 2.56 bits per heavy atom. The number of esters is 1. The maximum atomic E-state index is 11.4. The van der Waals surface area contributed by atoms with Crippen LogP contribution in [0.25, 0.3) is 11.1 Å². The summed E-state index contributed by atoms with van der Waals surface area (Å²) in [5, 5.41) is 8.72. The van der Waals surface area contributed by atoms with Gasteiger partial charge in [-0.2, -0.15) is 5.26 Å². The third-order valence-corrected chi connectivity index (χ3v) is 2.51. The lowest BCUT2D eigenvalue weighted by molar-refractivity contribution is 0.0600. The molecular weight excluding hydrogens is 228 g/mol. The number of pyridine rings is 1. The summed E-state index contributed by atoms with van der Waals surface area (Å²) in [6.45, 7) is 0. The van der Waals surface area contributed by atoms with E-state index in [2.05, 4.69) is 15.8 Å². The fourth-order valence-electron chi connectivity index (χ4n) is 1.56. The fraction of sp³-hybridized carbons (Fsp3) is 0.0714. The van der Waals surface area contributed by atoms with Crippen LogP contribution in [0.1, 0.15) is 15.9 Å². The maximum absolute atomic E-state index is 11.4. The summed E-state index contributed by atoms with van der Waals surface area (Å²) in [5.74, 6) is -0.419. The zero-order valence-corrected chi connectivity index (χ0v) is 9.75. The van der Waals surface area contributed by atoms with E-state index in [9.17, 15) is 4.79 Å². The number of rotatable bonds is 2. The van der Waals surface area contributed by atoms with Crippen molar-refractivity contribution >= 4 is 5.97 Å². The van der Waals surface area contributed by atoms with Crippen LogP contribution in [-0.2, 0) is 4.74 Å². The van der Waals surface area contributed by atoms with Gasteiger partial charge in [0, 0.05) is 18.0 Å². The number of nitrogens with zero attached hydrogens (tertiary/aromatic N) is 2. The zero-order chi connectivity index (χ0) is 13.0. The number of methoxy groups -OCH3 is 1. The van der Waals surface area contributed by atoms with E-state index in [1.165, 1.54) is 13.3 Å². The number of ether oxygens (including phenoxy) is 1. The molecule has 0 N–H and O–H groups in total.